The predicted molar refractivity (Wildman–Crippen MR) is 89.3 cm³/mol. The Morgan fingerprint density at radius 1 is 0.611 bits per heavy atom. The second kappa shape index (κ2) is 7.18. The number of ether oxygens (including phenoxy) is 2. The van der Waals surface area contributed by atoms with E-state index in [9.17, 15) is 0 Å². The second-order valence-corrected chi connectivity index (χ2v) is 6.10. The highest BCUT2D eigenvalue weighted by atomic mass is 127. The summed E-state index contributed by atoms with van der Waals surface area (Å²) >= 11 is 4.54. The minimum absolute atomic E-state index is 0.548. The average Bonchev–Trinajstić information content (AvgIpc) is 2.39. The fourth-order valence-corrected chi connectivity index (χ4v) is 2.10. The summed E-state index contributed by atoms with van der Waals surface area (Å²) in [6.07, 6.45) is 0. The van der Waals surface area contributed by atoms with Gasteiger partial charge in [-0.25, -0.2) is 0 Å². The van der Waals surface area contributed by atoms with E-state index in [1.54, 1.807) is 0 Å². The van der Waals surface area contributed by atoms with Crippen molar-refractivity contribution in [3.05, 3.63) is 55.7 Å². The van der Waals surface area contributed by atoms with E-state index in [1.165, 1.54) is 7.14 Å². The molecule has 0 N–H and O–H groups in total. The van der Waals surface area contributed by atoms with Crippen LogP contribution >= 0.6 is 45.2 Å². The van der Waals surface area contributed by atoms with Crippen LogP contribution in [0.3, 0.4) is 0 Å². The van der Waals surface area contributed by atoms with Crippen molar-refractivity contribution in [3.63, 3.8) is 0 Å². The fraction of sp³-hybridized carbons (Fsp3) is 0.143. The normalized spacial score (nSPS) is 10.1. The molecule has 0 saturated carbocycles. The molecular weight excluding hydrogens is 454 g/mol. The maximum atomic E-state index is 5.58. The van der Waals surface area contributed by atoms with E-state index in [0.717, 1.165) is 11.5 Å². The van der Waals surface area contributed by atoms with Crippen LogP contribution in [0.15, 0.2) is 48.5 Å². The molecule has 0 heterocycles. The van der Waals surface area contributed by atoms with E-state index in [-0.39, 0.29) is 0 Å². The van der Waals surface area contributed by atoms with Crippen LogP contribution in [0.2, 0.25) is 0 Å². The zero-order chi connectivity index (χ0) is 12.8. The summed E-state index contributed by atoms with van der Waals surface area (Å²) in [5.74, 6) is 1.75. The molecule has 0 aromatic heterocycles. The van der Waals surface area contributed by atoms with Gasteiger partial charge in [0, 0.05) is 7.14 Å². The number of hydrogen-bond acceptors (Lipinski definition) is 2. The standard InChI is InChI=1S/C14H12I2O2/c15-11-1-5-13(6-2-11)17-9-10-18-14-7-3-12(16)4-8-14/h1-8H,9-10H2. The predicted octanol–water partition coefficient (Wildman–Crippen LogP) is 4.35. The fourth-order valence-electron chi connectivity index (χ4n) is 1.38. The van der Waals surface area contributed by atoms with Crippen LogP contribution in [-0.4, -0.2) is 13.2 Å². The first-order chi connectivity index (χ1) is 8.74. The summed E-state index contributed by atoms with van der Waals surface area (Å²) in [6, 6.07) is 16.0. The van der Waals surface area contributed by atoms with Crippen molar-refractivity contribution in [2.75, 3.05) is 13.2 Å². The summed E-state index contributed by atoms with van der Waals surface area (Å²) in [5, 5.41) is 0. The second-order valence-electron chi connectivity index (χ2n) is 3.60. The Kier molecular flexibility index (Phi) is 5.55. The largest absolute Gasteiger partial charge is 0.490 e. The van der Waals surface area contributed by atoms with E-state index >= 15 is 0 Å². The number of rotatable bonds is 5. The first kappa shape index (κ1) is 13.9. The van der Waals surface area contributed by atoms with Crippen molar-refractivity contribution in [1.82, 2.24) is 0 Å². The molecule has 0 bridgehead atoms. The van der Waals surface area contributed by atoms with Crippen LogP contribution in [0.4, 0.5) is 0 Å². The highest BCUT2D eigenvalue weighted by Crippen LogP contribution is 2.15. The van der Waals surface area contributed by atoms with E-state index in [0.29, 0.717) is 13.2 Å². The third-order valence-corrected chi connectivity index (χ3v) is 3.69. The molecule has 94 valence electrons. The molecule has 2 nitrogen and oxygen atoms in total. The Bertz CT molecular complexity index is 433. The highest BCUT2D eigenvalue weighted by molar-refractivity contribution is 14.1. The van der Waals surface area contributed by atoms with Gasteiger partial charge in [-0.1, -0.05) is 0 Å². The third-order valence-electron chi connectivity index (χ3n) is 2.25. The summed E-state index contributed by atoms with van der Waals surface area (Å²) < 4.78 is 13.6. The monoisotopic (exact) mass is 466 g/mol. The molecule has 0 radical (unpaired) electrons. The molecule has 0 spiro atoms. The minimum atomic E-state index is 0.548. The number of hydrogen-bond donors (Lipinski definition) is 0. The van der Waals surface area contributed by atoms with Gasteiger partial charge < -0.3 is 9.47 Å². The first-order valence-electron chi connectivity index (χ1n) is 5.51. The molecule has 0 amide bonds. The van der Waals surface area contributed by atoms with Crippen LogP contribution in [0.1, 0.15) is 0 Å². The van der Waals surface area contributed by atoms with Crippen molar-refractivity contribution >= 4 is 45.2 Å². The lowest BCUT2D eigenvalue weighted by atomic mass is 10.3. The Balaban J connectivity index is 1.73. The number of benzene rings is 2. The van der Waals surface area contributed by atoms with Crippen LogP contribution < -0.4 is 9.47 Å². The molecule has 0 aliphatic carbocycles. The number of halogens is 2. The van der Waals surface area contributed by atoms with Gasteiger partial charge in [-0.3, -0.25) is 0 Å². The quantitative estimate of drug-likeness (QED) is 0.482. The Morgan fingerprint density at radius 2 is 0.944 bits per heavy atom. The topological polar surface area (TPSA) is 18.5 Å². The van der Waals surface area contributed by atoms with Gasteiger partial charge in [0.05, 0.1) is 0 Å². The zero-order valence-electron chi connectivity index (χ0n) is 9.61. The van der Waals surface area contributed by atoms with E-state index in [1.807, 2.05) is 48.5 Å². The van der Waals surface area contributed by atoms with Crippen molar-refractivity contribution < 1.29 is 9.47 Å². The lowest BCUT2D eigenvalue weighted by molar-refractivity contribution is 0.217. The van der Waals surface area contributed by atoms with Crippen LogP contribution in [0.5, 0.6) is 11.5 Å². The van der Waals surface area contributed by atoms with Crippen molar-refractivity contribution in [1.29, 1.82) is 0 Å². The highest BCUT2D eigenvalue weighted by Gasteiger charge is 1.96. The molecule has 0 fully saturated rings. The molecule has 2 rings (SSSR count). The Hall–Kier alpha value is -0.500. The van der Waals surface area contributed by atoms with Gasteiger partial charge in [-0.15, -0.1) is 0 Å². The first-order valence-corrected chi connectivity index (χ1v) is 7.66. The van der Waals surface area contributed by atoms with Gasteiger partial charge in [0.2, 0.25) is 0 Å². The van der Waals surface area contributed by atoms with Gasteiger partial charge in [-0.05, 0) is 93.7 Å². The van der Waals surface area contributed by atoms with Gasteiger partial charge in [0.25, 0.3) is 0 Å². The van der Waals surface area contributed by atoms with Crippen LogP contribution in [-0.2, 0) is 0 Å². The van der Waals surface area contributed by atoms with Gasteiger partial charge in [0.1, 0.15) is 24.7 Å². The van der Waals surface area contributed by atoms with Crippen molar-refractivity contribution in [2.24, 2.45) is 0 Å². The molecule has 0 aliphatic rings. The van der Waals surface area contributed by atoms with E-state index in [4.69, 9.17) is 9.47 Å². The summed E-state index contributed by atoms with van der Waals surface area (Å²) in [5.41, 5.74) is 0. The van der Waals surface area contributed by atoms with Crippen molar-refractivity contribution in [2.45, 2.75) is 0 Å². The van der Waals surface area contributed by atoms with E-state index in [2.05, 4.69) is 45.2 Å². The third kappa shape index (κ3) is 4.64. The molecule has 2 aromatic carbocycles. The summed E-state index contributed by atoms with van der Waals surface area (Å²) in [7, 11) is 0. The van der Waals surface area contributed by atoms with Crippen molar-refractivity contribution in [3.8, 4) is 11.5 Å². The van der Waals surface area contributed by atoms with Gasteiger partial charge in [-0.2, -0.15) is 0 Å². The lowest BCUT2D eigenvalue weighted by Gasteiger charge is -2.08. The molecule has 0 unspecified atom stereocenters. The molecule has 0 atom stereocenters. The average molecular weight is 466 g/mol. The zero-order valence-corrected chi connectivity index (χ0v) is 13.9. The van der Waals surface area contributed by atoms with Crippen LogP contribution in [0.25, 0.3) is 0 Å². The summed E-state index contributed by atoms with van der Waals surface area (Å²) in [4.78, 5) is 0. The summed E-state index contributed by atoms with van der Waals surface area (Å²) in [6.45, 7) is 1.10. The Morgan fingerprint density at radius 3 is 1.28 bits per heavy atom. The Labute approximate surface area is 134 Å². The molecule has 2 aromatic rings. The molecule has 0 saturated heterocycles. The maximum absolute atomic E-state index is 5.58. The maximum Gasteiger partial charge on any atom is 0.122 e. The molecular formula is C14H12I2O2. The van der Waals surface area contributed by atoms with E-state index < -0.39 is 0 Å². The SMILES string of the molecule is Ic1ccc(OCCOc2ccc(I)cc2)cc1. The van der Waals surface area contributed by atoms with Gasteiger partial charge >= 0.3 is 0 Å². The van der Waals surface area contributed by atoms with Gasteiger partial charge in [0.15, 0.2) is 0 Å². The minimum Gasteiger partial charge on any atom is -0.490 e. The lowest BCUT2D eigenvalue weighted by Crippen LogP contribution is -2.08. The van der Waals surface area contributed by atoms with Crippen LogP contribution in [0, 0.1) is 7.14 Å². The molecule has 4 heteroatoms. The molecule has 0 aliphatic heterocycles. The smallest absolute Gasteiger partial charge is 0.122 e. The molecule has 18 heavy (non-hydrogen) atoms.